The normalized spacial score (nSPS) is 12.3. The Balaban J connectivity index is 1.00. The molecule has 0 saturated heterocycles. The van der Waals surface area contributed by atoms with Crippen LogP contribution in [0.1, 0.15) is 5.56 Å². The predicted molar refractivity (Wildman–Crippen MR) is 353 cm³/mol. The summed E-state index contributed by atoms with van der Waals surface area (Å²) in [5, 5.41) is 17.2. The number of nitriles is 1. The summed E-state index contributed by atoms with van der Waals surface area (Å²) in [6.45, 7) is -0.292. The first-order valence-electron chi connectivity index (χ1n) is 29.1. The monoisotopic (exact) mass is 1080 g/mol. The number of rotatable bonds is 7. The van der Waals surface area contributed by atoms with Gasteiger partial charge in [0.2, 0.25) is 0 Å². The summed E-state index contributed by atoms with van der Waals surface area (Å²) in [6.07, 6.45) is 0. The molecule has 5 nitrogen and oxygen atoms in total. The van der Waals surface area contributed by atoms with Crippen LogP contribution in [-0.4, -0.2) is 20.4 Å². The van der Waals surface area contributed by atoms with Gasteiger partial charge in [0.05, 0.1) is 39.2 Å². The number of nitrogens with zero attached hydrogens (tertiary/aromatic N) is 4. The summed E-state index contributed by atoms with van der Waals surface area (Å²) in [6, 6.07) is 106. The van der Waals surface area contributed by atoms with Gasteiger partial charge in [-0.15, -0.1) is 0 Å². The number of para-hydroxylation sites is 4. The fraction of sp³-hybridized carbons (Fsp3) is 0. The standard InChI is InChI=1S/C79H47BN4O/c81-48-49-35-37-50(38-36-49)53-43-75-77-76(44-53)85-79-67(60-26-10-9-24-58(60)52-21-5-2-6-22-52)41-54(59-25-8-7-23-57(59)51-19-3-1-4-20-51)42-69(79)80(77)68-47-56(83-72-33-17-13-29-63(72)64-30-14-18-34-73(64)83)46-66-65-45-55(39-40-74(65)84(75)78(66)68)82-70-31-15-11-27-61(70)62-28-12-16-32-71(62)82/h1-47H. The van der Waals surface area contributed by atoms with E-state index < -0.39 is 0 Å². The van der Waals surface area contributed by atoms with Crippen molar-refractivity contribution in [3.05, 3.63) is 291 Å². The van der Waals surface area contributed by atoms with Gasteiger partial charge in [0.25, 0.3) is 6.71 Å². The maximum Gasteiger partial charge on any atom is 0.256 e. The Morgan fingerprint density at radius 2 is 0.812 bits per heavy atom. The van der Waals surface area contributed by atoms with Crippen molar-refractivity contribution in [2.75, 3.05) is 0 Å². The number of ether oxygens (including phenoxy) is 1. The zero-order valence-corrected chi connectivity index (χ0v) is 45.9. The zero-order valence-electron chi connectivity index (χ0n) is 45.9. The molecule has 0 atom stereocenters. The first-order chi connectivity index (χ1) is 42.1. The molecular weight excluding hydrogens is 1030 g/mol. The van der Waals surface area contributed by atoms with E-state index in [1.54, 1.807) is 0 Å². The average molecular weight is 1080 g/mol. The molecule has 16 aromatic rings. The molecule has 0 aliphatic carbocycles. The molecule has 18 rings (SSSR count). The maximum absolute atomic E-state index is 9.99. The highest BCUT2D eigenvalue weighted by molar-refractivity contribution is 6.99. The lowest BCUT2D eigenvalue weighted by atomic mass is 9.34. The van der Waals surface area contributed by atoms with Gasteiger partial charge in [-0.1, -0.05) is 200 Å². The average Bonchev–Trinajstić information content (AvgIpc) is 1.77. The van der Waals surface area contributed by atoms with Crippen LogP contribution in [0.2, 0.25) is 0 Å². The van der Waals surface area contributed by atoms with E-state index in [0.717, 1.165) is 128 Å². The summed E-state index contributed by atoms with van der Waals surface area (Å²) in [4.78, 5) is 0. The summed E-state index contributed by atoms with van der Waals surface area (Å²) < 4.78 is 15.3. The van der Waals surface area contributed by atoms with Crippen LogP contribution in [0.3, 0.4) is 0 Å². The Hall–Kier alpha value is -11.4. The van der Waals surface area contributed by atoms with Crippen LogP contribution in [0.5, 0.6) is 11.5 Å². The molecule has 392 valence electrons. The van der Waals surface area contributed by atoms with Gasteiger partial charge in [-0.05, 0) is 151 Å². The van der Waals surface area contributed by atoms with Crippen LogP contribution in [0.15, 0.2) is 285 Å². The summed E-state index contributed by atoms with van der Waals surface area (Å²) >= 11 is 0. The van der Waals surface area contributed by atoms with Crippen molar-refractivity contribution in [2.24, 2.45) is 0 Å². The van der Waals surface area contributed by atoms with Crippen molar-refractivity contribution in [1.29, 1.82) is 5.26 Å². The topological polar surface area (TPSA) is 47.8 Å². The molecule has 3 aromatic heterocycles. The molecule has 0 spiro atoms. The Morgan fingerprint density at radius 3 is 1.40 bits per heavy atom. The van der Waals surface area contributed by atoms with E-state index in [4.69, 9.17) is 4.74 Å². The predicted octanol–water partition coefficient (Wildman–Crippen LogP) is 18.1. The van der Waals surface area contributed by atoms with E-state index in [1.165, 1.54) is 38.0 Å². The highest BCUT2D eigenvalue weighted by Gasteiger charge is 2.43. The molecule has 0 radical (unpaired) electrons. The van der Waals surface area contributed by atoms with Gasteiger partial charge in [0, 0.05) is 60.5 Å². The molecule has 5 heterocycles. The third kappa shape index (κ3) is 6.99. The van der Waals surface area contributed by atoms with Crippen LogP contribution in [-0.2, 0) is 0 Å². The van der Waals surface area contributed by atoms with Gasteiger partial charge in [-0.2, -0.15) is 5.26 Å². The van der Waals surface area contributed by atoms with Gasteiger partial charge in [-0.3, -0.25) is 0 Å². The Bertz CT molecular complexity index is 5420. The largest absolute Gasteiger partial charge is 0.458 e. The number of hydrogen-bond acceptors (Lipinski definition) is 2. The second kappa shape index (κ2) is 18.3. The second-order valence-corrected chi connectivity index (χ2v) is 22.6. The molecule has 0 bridgehead atoms. The molecule has 0 N–H and O–H groups in total. The SMILES string of the molecule is N#Cc1ccc(-c2cc3c4c(c2)-n2c5ccc(-n6c7ccccc7c7ccccc76)cc5c5cc(-n6c7ccccc7c7ccccc76)cc(c52)B4c2cc(-c4ccccc4-c4ccccc4)cc(-c4ccccc4-c4ccccc4)c2O3)cc1. The summed E-state index contributed by atoms with van der Waals surface area (Å²) in [5.41, 5.74) is 25.1. The van der Waals surface area contributed by atoms with Gasteiger partial charge in [-0.25, -0.2) is 0 Å². The van der Waals surface area contributed by atoms with Gasteiger partial charge < -0.3 is 18.4 Å². The highest BCUT2D eigenvalue weighted by Crippen LogP contribution is 2.48. The summed E-state index contributed by atoms with van der Waals surface area (Å²) in [5.74, 6) is 1.63. The fourth-order valence-electron chi connectivity index (χ4n) is 14.5. The molecule has 0 unspecified atom stereocenters. The smallest absolute Gasteiger partial charge is 0.256 e. The van der Waals surface area contributed by atoms with E-state index in [1.807, 2.05) is 12.1 Å². The fourth-order valence-corrected chi connectivity index (χ4v) is 14.5. The molecule has 85 heavy (non-hydrogen) atoms. The van der Waals surface area contributed by atoms with E-state index in [0.29, 0.717) is 5.56 Å². The van der Waals surface area contributed by atoms with E-state index in [2.05, 4.69) is 293 Å². The Kier molecular flexibility index (Phi) is 10.2. The van der Waals surface area contributed by atoms with Crippen molar-refractivity contribution in [2.45, 2.75) is 0 Å². The third-order valence-electron chi connectivity index (χ3n) is 18.1. The van der Waals surface area contributed by atoms with Gasteiger partial charge >= 0.3 is 0 Å². The van der Waals surface area contributed by atoms with Crippen molar-refractivity contribution >= 4 is 88.5 Å². The van der Waals surface area contributed by atoms with Crippen LogP contribution in [0.25, 0.3) is 138 Å². The zero-order chi connectivity index (χ0) is 55.9. The van der Waals surface area contributed by atoms with Gasteiger partial charge in [0.1, 0.15) is 11.5 Å². The molecule has 2 aliphatic rings. The second-order valence-electron chi connectivity index (χ2n) is 22.6. The quantitative estimate of drug-likeness (QED) is 0.149. The van der Waals surface area contributed by atoms with Crippen LogP contribution in [0.4, 0.5) is 0 Å². The van der Waals surface area contributed by atoms with E-state index >= 15 is 0 Å². The molecule has 6 heteroatoms. The molecule has 13 aromatic carbocycles. The Morgan fingerprint density at radius 1 is 0.318 bits per heavy atom. The van der Waals surface area contributed by atoms with Crippen LogP contribution < -0.4 is 21.1 Å². The molecule has 0 amide bonds. The lowest BCUT2D eigenvalue weighted by Gasteiger charge is -2.35. The van der Waals surface area contributed by atoms with Crippen molar-refractivity contribution < 1.29 is 4.74 Å². The van der Waals surface area contributed by atoms with E-state index in [-0.39, 0.29) is 6.71 Å². The van der Waals surface area contributed by atoms with Crippen molar-refractivity contribution in [3.63, 3.8) is 0 Å². The minimum Gasteiger partial charge on any atom is -0.458 e. The molecule has 0 saturated carbocycles. The lowest BCUT2D eigenvalue weighted by molar-refractivity contribution is 0.489. The maximum atomic E-state index is 9.99. The van der Waals surface area contributed by atoms with E-state index in [9.17, 15) is 5.26 Å². The lowest BCUT2D eigenvalue weighted by Crippen LogP contribution is -2.58. The Labute approximate surface area is 490 Å². The number of aromatic nitrogens is 3. The number of benzene rings is 13. The van der Waals surface area contributed by atoms with Crippen molar-refractivity contribution in [3.8, 4) is 90.3 Å². The highest BCUT2D eigenvalue weighted by atomic mass is 16.5. The van der Waals surface area contributed by atoms with Crippen LogP contribution in [0, 0.1) is 11.3 Å². The van der Waals surface area contributed by atoms with Gasteiger partial charge in [0.15, 0.2) is 0 Å². The third-order valence-corrected chi connectivity index (χ3v) is 18.1. The first kappa shape index (κ1) is 47.3. The molecule has 0 fully saturated rings. The number of fused-ring (bicyclic) bond motifs is 13. The minimum atomic E-state index is -0.292. The minimum absolute atomic E-state index is 0.292. The molecule has 2 aliphatic heterocycles. The molecular formula is C79H47BN4O. The first-order valence-corrected chi connectivity index (χ1v) is 29.1. The summed E-state index contributed by atoms with van der Waals surface area (Å²) in [7, 11) is 0. The van der Waals surface area contributed by atoms with Crippen LogP contribution >= 0.6 is 0 Å². The number of hydrogen-bond donors (Lipinski definition) is 0. The van der Waals surface area contributed by atoms with Crippen molar-refractivity contribution in [1.82, 2.24) is 13.7 Å².